The molecule has 72 valence electrons. The lowest BCUT2D eigenvalue weighted by Gasteiger charge is -2.05. The summed E-state index contributed by atoms with van der Waals surface area (Å²) >= 11 is 0. The van der Waals surface area contributed by atoms with Gasteiger partial charge >= 0.3 is 0 Å². The smallest absolute Gasteiger partial charge is 0.172 e. The molecule has 0 aromatic carbocycles. The molecule has 0 unspecified atom stereocenters. The Bertz CT molecular complexity index is 372. The van der Waals surface area contributed by atoms with Crippen molar-refractivity contribution in [1.82, 2.24) is 4.98 Å². The van der Waals surface area contributed by atoms with Gasteiger partial charge in [-0.2, -0.15) is 0 Å². The van der Waals surface area contributed by atoms with Crippen LogP contribution in [-0.2, 0) is 0 Å². The van der Waals surface area contributed by atoms with Gasteiger partial charge in [-0.3, -0.25) is 9.59 Å². The molecule has 0 bridgehead atoms. The Labute approximate surface area is 80.9 Å². The molecule has 1 aliphatic rings. The highest BCUT2D eigenvalue weighted by molar-refractivity contribution is 5.80. The van der Waals surface area contributed by atoms with Crippen molar-refractivity contribution in [1.29, 1.82) is 0 Å². The van der Waals surface area contributed by atoms with Crippen LogP contribution in [0.1, 0.15) is 33.7 Å². The Kier molecular flexibility index (Phi) is 2.26. The highest BCUT2D eigenvalue weighted by atomic mass is 16.5. The Hall–Kier alpha value is -1.71. The van der Waals surface area contributed by atoms with E-state index in [1.54, 1.807) is 6.07 Å². The second-order valence-electron chi connectivity index (χ2n) is 3.20. The molecule has 1 aromatic rings. The van der Waals surface area contributed by atoms with Gasteiger partial charge in [-0.1, -0.05) is 0 Å². The van der Waals surface area contributed by atoms with Gasteiger partial charge in [-0.15, -0.1) is 0 Å². The van der Waals surface area contributed by atoms with Gasteiger partial charge in [0, 0.05) is 11.8 Å². The molecule has 0 N–H and O–H groups in total. The number of hydrogen-bond donors (Lipinski definition) is 0. The van der Waals surface area contributed by atoms with E-state index in [1.165, 1.54) is 6.20 Å². The van der Waals surface area contributed by atoms with E-state index >= 15 is 0 Å². The molecule has 0 aliphatic heterocycles. The maximum Gasteiger partial charge on any atom is 0.172 e. The third kappa shape index (κ3) is 1.79. The zero-order chi connectivity index (χ0) is 9.97. The van der Waals surface area contributed by atoms with Crippen molar-refractivity contribution < 1.29 is 14.3 Å². The Morgan fingerprint density at radius 1 is 1.36 bits per heavy atom. The maximum atomic E-state index is 10.6. The van der Waals surface area contributed by atoms with E-state index in [4.69, 9.17) is 4.74 Å². The van der Waals surface area contributed by atoms with E-state index in [0.29, 0.717) is 23.9 Å². The normalized spacial score (nSPS) is 14.9. The SMILES string of the molecule is O=Cc1cnc(C=O)c(OC2CC2)c1. The summed E-state index contributed by atoms with van der Waals surface area (Å²) in [5.41, 5.74) is 0.675. The van der Waals surface area contributed by atoms with Crippen LogP contribution in [0.25, 0.3) is 0 Å². The Morgan fingerprint density at radius 3 is 2.71 bits per heavy atom. The topological polar surface area (TPSA) is 56.3 Å². The highest BCUT2D eigenvalue weighted by Crippen LogP contribution is 2.28. The molecule has 0 saturated heterocycles. The van der Waals surface area contributed by atoms with Crippen LogP contribution < -0.4 is 4.74 Å². The molecule has 1 fully saturated rings. The van der Waals surface area contributed by atoms with Crippen LogP contribution in [0.5, 0.6) is 5.75 Å². The molecular formula is C10H9NO3. The molecule has 1 heterocycles. The van der Waals surface area contributed by atoms with Crippen LogP contribution in [-0.4, -0.2) is 23.7 Å². The second kappa shape index (κ2) is 3.57. The summed E-state index contributed by atoms with van der Waals surface area (Å²) in [6.07, 6.45) is 4.87. The van der Waals surface area contributed by atoms with E-state index < -0.39 is 0 Å². The van der Waals surface area contributed by atoms with Crippen molar-refractivity contribution in [2.75, 3.05) is 0 Å². The number of nitrogens with zero attached hydrogens (tertiary/aromatic N) is 1. The fourth-order valence-electron chi connectivity index (χ4n) is 1.08. The first-order valence-electron chi connectivity index (χ1n) is 4.40. The quantitative estimate of drug-likeness (QED) is 0.672. The van der Waals surface area contributed by atoms with Crippen LogP contribution >= 0.6 is 0 Å². The fraction of sp³-hybridized carbons (Fsp3) is 0.300. The minimum absolute atomic E-state index is 0.192. The largest absolute Gasteiger partial charge is 0.488 e. The summed E-state index contributed by atoms with van der Waals surface area (Å²) in [4.78, 5) is 24.9. The number of hydrogen-bond acceptors (Lipinski definition) is 4. The van der Waals surface area contributed by atoms with E-state index in [1.807, 2.05) is 0 Å². The molecule has 1 aliphatic carbocycles. The zero-order valence-corrected chi connectivity index (χ0v) is 7.47. The van der Waals surface area contributed by atoms with Crippen molar-refractivity contribution in [3.05, 3.63) is 23.5 Å². The standard InChI is InChI=1S/C10H9NO3/c12-5-7-3-10(14-8-1-2-8)9(6-13)11-4-7/h3-6,8H,1-2H2. The van der Waals surface area contributed by atoms with Crippen molar-refractivity contribution >= 4 is 12.6 Å². The molecule has 1 aromatic heterocycles. The first-order valence-corrected chi connectivity index (χ1v) is 4.40. The molecule has 0 atom stereocenters. The molecule has 14 heavy (non-hydrogen) atoms. The first kappa shape index (κ1) is 8.87. The van der Waals surface area contributed by atoms with Gasteiger partial charge in [-0.05, 0) is 18.9 Å². The number of aromatic nitrogens is 1. The molecule has 4 nitrogen and oxygen atoms in total. The van der Waals surface area contributed by atoms with Gasteiger partial charge in [-0.25, -0.2) is 4.98 Å². The van der Waals surface area contributed by atoms with E-state index in [2.05, 4.69) is 4.98 Å². The molecular weight excluding hydrogens is 182 g/mol. The predicted molar refractivity (Wildman–Crippen MR) is 48.7 cm³/mol. The summed E-state index contributed by atoms with van der Waals surface area (Å²) in [6.45, 7) is 0. The number of carbonyl (C=O) groups is 2. The predicted octanol–water partition coefficient (Wildman–Crippen LogP) is 1.25. The molecule has 0 radical (unpaired) electrons. The first-order chi connectivity index (χ1) is 6.83. The number of rotatable bonds is 4. The van der Waals surface area contributed by atoms with Crippen molar-refractivity contribution in [2.45, 2.75) is 18.9 Å². The van der Waals surface area contributed by atoms with Gasteiger partial charge in [0.1, 0.15) is 11.4 Å². The second-order valence-corrected chi connectivity index (χ2v) is 3.20. The molecule has 1 saturated carbocycles. The summed E-state index contributed by atoms with van der Waals surface area (Å²) in [5.74, 6) is 0.409. The Balaban J connectivity index is 2.30. The van der Waals surface area contributed by atoms with Gasteiger partial charge in [0.15, 0.2) is 12.6 Å². The van der Waals surface area contributed by atoms with E-state index in [9.17, 15) is 9.59 Å². The molecule has 4 heteroatoms. The van der Waals surface area contributed by atoms with Crippen molar-refractivity contribution in [3.63, 3.8) is 0 Å². The van der Waals surface area contributed by atoms with Gasteiger partial charge in [0.2, 0.25) is 0 Å². The molecule has 2 rings (SSSR count). The monoisotopic (exact) mass is 191 g/mol. The van der Waals surface area contributed by atoms with Crippen LogP contribution in [0.15, 0.2) is 12.3 Å². The lowest BCUT2D eigenvalue weighted by molar-refractivity contribution is 0.110. The minimum atomic E-state index is 0.192. The number of pyridine rings is 1. The number of ether oxygens (including phenoxy) is 1. The van der Waals surface area contributed by atoms with E-state index in [-0.39, 0.29) is 11.8 Å². The van der Waals surface area contributed by atoms with Crippen molar-refractivity contribution in [3.8, 4) is 5.75 Å². The van der Waals surface area contributed by atoms with Crippen LogP contribution in [0.2, 0.25) is 0 Å². The van der Waals surface area contributed by atoms with Crippen LogP contribution in [0.4, 0.5) is 0 Å². The summed E-state index contributed by atoms with van der Waals surface area (Å²) in [7, 11) is 0. The lowest BCUT2D eigenvalue weighted by Crippen LogP contribution is -2.02. The molecule has 0 amide bonds. The van der Waals surface area contributed by atoms with Gasteiger partial charge < -0.3 is 4.74 Å². The third-order valence-corrected chi connectivity index (χ3v) is 1.97. The maximum absolute atomic E-state index is 10.6. The van der Waals surface area contributed by atoms with Gasteiger partial charge in [0.05, 0.1) is 6.10 Å². The van der Waals surface area contributed by atoms with Crippen LogP contribution in [0, 0.1) is 0 Å². The Morgan fingerprint density at radius 2 is 2.14 bits per heavy atom. The number of carbonyl (C=O) groups excluding carboxylic acids is 2. The van der Waals surface area contributed by atoms with Crippen molar-refractivity contribution in [2.24, 2.45) is 0 Å². The summed E-state index contributed by atoms with van der Waals surface area (Å²) in [6, 6.07) is 1.54. The fourth-order valence-corrected chi connectivity index (χ4v) is 1.08. The lowest BCUT2D eigenvalue weighted by atomic mass is 10.2. The minimum Gasteiger partial charge on any atom is -0.488 e. The average molecular weight is 191 g/mol. The number of aldehydes is 2. The third-order valence-electron chi connectivity index (χ3n) is 1.97. The van der Waals surface area contributed by atoms with Crippen LogP contribution in [0.3, 0.4) is 0 Å². The summed E-state index contributed by atoms with van der Waals surface area (Å²) < 4.78 is 5.44. The van der Waals surface area contributed by atoms with E-state index in [0.717, 1.165) is 12.8 Å². The van der Waals surface area contributed by atoms with Gasteiger partial charge in [0.25, 0.3) is 0 Å². The average Bonchev–Trinajstić information content (AvgIpc) is 3.01. The highest BCUT2D eigenvalue weighted by Gasteiger charge is 2.24. The molecule has 0 spiro atoms. The summed E-state index contributed by atoms with van der Waals surface area (Å²) in [5, 5.41) is 0. The zero-order valence-electron chi connectivity index (χ0n) is 7.47.